The molecule has 1 amide bonds. The smallest absolute Gasteiger partial charge is 0.252 e. The van der Waals surface area contributed by atoms with Crippen LogP contribution in [0.3, 0.4) is 0 Å². The summed E-state index contributed by atoms with van der Waals surface area (Å²) in [6.45, 7) is 1.70. The summed E-state index contributed by atoms with van der Waals surface area (Å²) < 4.78 is 5.39. The Morgan fingerprint density at radius 1 is 1.19 bits per heavy atom. The van der Waals surface area contributed by atoms with Gasteiger partial charge in [0.1, 0.15) is 5.75 Å². The Morgan fingerprint density at radius 3 is 2.59 bits per heavy atom. The summed E-state index contributed by atoms with van der Waals surface area (Å²) in [6.07, 6.45) is 3.18. The van der Waals surface area contributed by atoms with E-state index in [1.54, 1.807) is 38.7 Å². The van der Waals surface area contributed by atoms with E-state index >= 15 is 0 Å². The highest BCUT2D eigenvalue weighted by atomic mass is 127. The standard InChI is InChI=1S/C19H25N5O2.HI/c1-20-19(24(2)14-16-7-4-5-9-17(16)26-3)23-12-11-22-18(25)15-8-6-10-21-13-15;/h4-10,13H,11-12,14H2,1-3H3,(H,20,23)(H,22,25);1H. The number of aromatic nitrogens is 1. The highest BCUT2D eigenvalue weighted by Gasteiger charge is 2.10. The molecule has 0 aliphatic heterocycles. The van der Waals surface area contributed by atoms with Crippen LogP contribution in [-0.4, -0.2) is 56.0 Å². The van der Waals surface area contributed by atoms with E-state index in [0.29, 0.717) is 25.2 Å². The summed E-state index contributed by atoms with van der Waals surface area (Å²) in [6, 6.07) is 11.4. The summed E-state index contributed by atoms with van der Waals surface area (Å²) in [5.74, 6) is 1.45. The van der Waals surface area contributed by atoms with Gasteiger partial charge in [-0.05, 0) is 18.2 Å². The number of pyridine rings is 1. The number of carbonyl (C=O) groups is 1. The third-order valence-corrected chi connectivity index (χ3v) is 3.79. The number of methoxy groups -OCH3 is 1. The number of halogens is 1. The van der Waals surface area contributed by atoms with Crippen molar-refractivity contribution in [2.75, 3.05) is 34.3 Å². The fourth-order valence-electron chi connectivity index (χ4n) is 2.50. The lowest BCUT2D eigenvalue weighted by Crippen LogP contribution is -2.42. The monoisotopic (exact) mass is 483 g/mol. The SMILES string of the molecule is CN=C(NCCNC(=O)c1cccnc1)N(C)Cc1ccccc1OC.I. The number of nitrogens with one attached hydrogen (secondary N) is 2. The van der Waals surface area contributed by atoms with Gasteiger partial charge in [0.25, 0.3) is 5.91 Å². The van der Waals surface area contributed by atoms with Crippen LogP contribution in [0.5, 0.6) is 5.75 Å². The van der Waals surface area contributed by atoms with Gasteiger partial charge in [-0.1, -0.05) is 18.2 Å². The maximum atomic E-state index is 12.0. The van der Waals surface area contributed by atoms with Crippen LogP contribution in [0.15, 0.2) is 53.8 Å². The molecule has 1 heterocycles. The predicted molar refractivity (Wildman–Crippen MR) is 118 cm³/mol. The maximum absolute atomic E-state index is 12.0. The van der Waals surface area contributed by atoms with E-state index < -0.39 is 0 Å². The van der Waals surface area contributed by atoms with Gasteiger partial charge in [-0.15, -0.1) is 24.0 Å². The van der Waals surface area contributed by atoms with Gasteiger partial charge in [-0.3, -0.25) is 14.8 Å². The number of amides is 1. The van der Waals surface area contributed by atoms with Crippen molar-refractivity contribution in [1.82, 2.24) is 20.5 Å². The highest BCUT2D eigenvalue weighted by Crippen LogP contribution is 2.18. The van der Waals surface area contributed by atoms with Crippen molar-refractivity contribution in [3.8, 4) is 5.75 Å². The molecule has 2 rings (SSSR count). The summed E-state index contributed by atoms with van der Waals surface area (Å²) in [5, 5.41) is 6.09. The second-order valence-corrected chi connectivity index (χ2v) is 5.64. The number of para-hydroxylation sites is 1. The summed E-state index contributed by atoms with van der Waals surface area (Å²) in [4.78, 5) is 22.2. The van der Waals surface area contributed by atoms with Crippen LogP contribution >= 0.6 is 24.0 Å². The molecule has 1 aromatic carbocycles. The third-order valence-electron chi connectivity index (χ3n) is 3.79. The highest BCUT2D eigenvalue weighted by molar-refractivity contribution is 14.0. The molecule has 0 aliphatic rings. The zero-order chi connectivity index (χ0) is 18.8. The molecule has 146 valence electrons. The lowest BCUT2D eigenvalue weighted by molar-refractivity contribution is 0.0954. The normalized spacial score (nSPS) is 10.6. The van der Waals surface area contributed by atoms with E-state index in [4.69, 9.17) is 4.74 Å². The number of ether oxygens (including phenoxy) is 1. The first-order chi connectivity index (χ1) is 12.7. The van der Waals surface area contributed by atoms with Gasteiger partial charge in [0.05, 0.1) is 12.7 Å². The molecule has 2 N–H and O–H groups in total. The Bertz CT molecular complexity index is 740. The number of hydrogen-bond donors (Lipinski definition) is 2. The van der Waals surface area contributed by atoms with Gasteiger partial charge in [-0.25, -0.2) is 0 Å². The first-order valence-corrected chi connectivity index (χ1v) is 8.37. The molecule has 0 radical (unpaired) electrons. The molecule has 8 heteroatoms. The van der Waals surface area contributed by atoms with Gasteiger partial charge in [0.2, 0.25) is 0 Å². The van der Waals surface area contributed by atoms with Crippen LogP contribution in [0.4, 0.5) is 0 Å². The largest absolute Gasteiger partial charge is 0.496 e. The number of aliphatic imine (C=N–C) groups is 1. The number of nitrogens with zero attached hydrogens (tertiary/aromatic N) is 3. The Kier molecular flexibility index (Phi) is 10.2. The van der Waals surface area contributed by atoms with Crippen molar-refractivity contribution in [2.24, 2.45) is 4.99 Å². The fraction of sp³-hybridized carbons (Fsp3) is 0.316. The zero-order valence-electron chi connectivity index (χ0n) is 15.8. The molecule has 2 aromatic rings. The molecule has 7 nitrogen and oxygen atoms in total. The topological polar surface area (TPSA) is 78.8 Å². The number of hydrogen-bond acceptors (Lipinski definition) is 4. The van der Waals surface area contributed by atoms with E-state index in [2.05, 4.69) is 20.6 Å². The van der Waals surface area contributed by atoms with Crippen molar-refractivity contribution in [3.63, 3.8) is 0 Å². The van der Waals surface area contributed by atoms with Crippen LogP contribution in [-0.2, 0) is 6.54 Å². The van der Waals surface area contributed by atoms with E-state index in [-0.39, 0.29) is 29.9 Å². The molecule has 0 spiro atoms. The lowest BCUT2D eigenvalue weighted by atomic mass is 10.2. The van der Waals surface area contributed by atoms with E-state index in [1.165, 1.54) is 0 Å². The lowest BCUT2D eigenvalue weighted by Gasteiger charge is -2.23. The number of carbonyl (C=O) groups excluding carboxylic acids is 1. The summed E-state index contributed by atoms with van der Waals surface area (Å²) in [7, 11) is 5.35. The van der Waals surface area contributed by atoms with Crippen molar-refractivity contribution in [3.05, 3.63) is 59.9 Å². The maximum Gasteiger partial charge on any atom is 0.252 e. The predicted octanol–water partition coefficient (Wildman–Crippen LogP) is 2.15. The van der Waals surface area contributed by atoms with Gasteiger partial charge >= 0.3 is 0 Å². The van der Waals surface area contributed by atoms with Gasteiger partial charge in [0, 0.05) is 51.7 Å². The Morgan fingerprint density at radius 2 is 1.93 bits per heavy atom. The summed E-state index contributed by atoms with van der Waals surface area (Å²) >= 11 is 0. The van der Waals surface area contributed by atoms with Crippen LogP contribution in [0, 0.1) is 0 Å². The average molecular weight is 483 g/mol. The number of benzene rings is 1. The third kappa shape index (κ3) is 7.05. The Hall–Kier alpha value is -2.36. The van der Waals surface area contributed by atoms with E-state index in [9.17, 15) is 4.79 Å². The van der Waals surface area contributed by atoms with Gasteiger partial charge in [0.15, 0.2) is 5.96 Å². The molecule has 0 aliphatic carbocycles. The minimum absolute atomic E-state index is 0. The molecular formula is C19H26IN5O2. The van der Waals surface area contributed by atoms with Crippen LogP contribution in [0.1, 0.15) is 15.9 Å². The van der Waals surface area contributed by atoms with Crippen molar-refractivity contribution in [2.45, 2.75) is 6.54 Å². The van der Waals surface area contributed by atoms with Gasteiger partial charge < -0.3 is 20.3 Å². The minimum Gasteiger partial charge on any atom is -0.496 e. The average Bonchev–Trinajstić information content (AvgIpc) is 2.68. The number of rotatable bonds is 7. The quantitative estimate of drug-likeness (QED) is 0.273. The van der Waals surface area contributed by atoms with Crippen LogP contribution in [0.25, 0.3) is 0 Å². The molecule has 0 atom stereocenters. The molecule has 0 saturated heterocycles. The minimum atomic E-state index is -0.141. The molecule has 0 unspecified atom stereocenters. The molecule has 0 bridgehead atoms. The van der Waals surface area contributed by atoms with Crippen molar-refractivity contribution in [1.29, 1.82) is 0 Å². The Labute approximate surface area is 177 Å². The molecule has 1 aromatic heterocycles. The van der Waals surface area contributed by atoms with Gasteiger partial charge in [-0.2, -0.15) is 0 Å². The Balaban J connectivity index is 0.00000364. The van der Waals surface area contributed by atoms with E-state index in [1.807, 2.05) is 36.2 Å². The first kappa shape index (κ1) is 22.7. The molecular weight excluding hydrogens is 457 g/mol. The first-order valence-electron chi connectivity index (χ1n) is 8.37. The fourth-order valence-corrected chi connectivity index (χ4v) is 2.50. The van der Waals surface area contributed by atoms with Crippen molar-refractivity contribution < 1.29 is 9.53 Å². The van der Waals surface area contributed by atoms with Crippen molar-refractivity contribution >= 4 is 35.8 Å². The molecule has 0 fully saturated rings. The zero-order valence-corrected chi connectivity index (χ0v) is 18.1. The second kappa shape index (κ2) is 12.1. The molecule has 27 heavy (non-hydrogen) atoms. The number of guanidine groups is 1. The molecule has 0 saturated carbocycles. The summed E-state index contributed by atoms with van der Waals surface area (Å²) in [5.41, 5.74) is 1.62. The second-order valence-electron chi connectivity index (χ2n) is 5.64. The van der Waals surface area contributed by atoms with Crippen LogP contribution in [0.2, 0.25) is 0 Å². The van der Waals surface area contributed by atoms with E-state index in [0.717, 1.165) is 17.3 Å². The van der Waals surface area contributed by atoms with Crippen LogP contribution < -0.4 is 15.4 Å².